The van der Waals surface area contributed by atoms with Gasteiger partial charge in [-0.3, -0.25) is 0 Å². The van der Waals surface area contributed by atoms with Crippen LogP contribution in [0.25, 0.3) is 0 Å². The number of aliphatic hydroxyl groups excluding tert-OH is 1. The first-order valence-electron chi connectivity index (χ1n) is 4.50. The molecule has 0 aliphatic rings. The molecule has 78 valence electrons. The van der Waals surface area contributed by atoms with Gasteiger partial charge in [-0.05, 0) is 43.4 Å². The Morgan fingerprint density at radius 2 is 1.93 bits per heavy atom. The van der Waals surface area contributed by atoms with Crippen molar-refractivity contribution in [2.24, 2.45) is 0 Å². The maximum atomic E-state index is 9.02. The van der Waals surface area contributed by atoms with E-state index >= 15 is 0 Å². The van der Waals surface area contributed by atoms with Crippen LogP contribution in [0.3, 0.4) is 0 Å². The fraction of sp³-hybridized carbons (Fsp3) is 0.400. The van der Waals surface area contributed by atoms with Crippen molar-refractivity contribution < 1.29 is 9.53 Å². The largest absolute Gasteiger partial charge is 0.544 e. The molecule has 1 N–H and O–H groups in total. The van der Waals surface area contributed by atoms with Gasteiger partial charge in [-0.1, -0.05) is 15.9 Å². The molecule has 4 heteroatoms. The first-order chi connectivity index (χ1) is 6.40. The summed E-state index contributed by atoms with van der Waals surface area (Å²) in [5, 5.41) is 9.02. The molecular formula is C10H15BrO2Si. The van der Waals surface area contributed by atoms with Gasteiger partial charge < -0.3 is 9.53 Å². The van der Waals surface area contributed by atoms with Gasteiger partial charge in [0.1, 0.15) is 5.75 Å². The molecule has 0 radical (unpaired) electrons. The smallest absolute Gasteiger partial charge is 0.242 e. The maximum Gasteiger partial charge on any atom is 0.242 e. The Morgan fingerprint density at radius 3 is 2.43 bits per heavy atom. The highest BCUT2D eigenvalue weighted by molar-refractivity contribution is 9.10. The molecule has 0 atom stereocenters. The molecule has 14 heavy (non-hydrogen) atoms. The molecule has 0 fully saturated rings. The second kappa shape index (κ2) is 4.46. The molecule has 1 rings (SSSR count). The van der Waals surface area contributed by atoms with Gasteiger partial charge in [0.15, 0.2) is 0 Å². The lowest BCUT2D eigenvalue weighted by molar-refractivity contribution is 0.281. The number of hydrogen-bond donors (Lipinski definition) is 1. The number of halogens is 1. The molecule has 0 spiro atoms. The minimum Gasteiger partial charge on any atom is -0.544 e. The summed E-state index contributed by atoms with van der Waals surface area (Å²) in [5.74, 6) is 0.836. The normalized spacial score (nSPS) is 11.5. The number of rotatable bonds is 3. The van der Waals surface area contributed by atoms with Crippen LogP contribution in [0.2, 0.25) is 19.6 Å². The summed E-state index contributed by atoms with van der Waals surface area (Å²) in [7, 11) is -1.56. The van der Waals surface area contributed by atoms with E-state index in [9.17, 15) is 0 Å². The maximum absolute atomic E-state index is 9.02. The standard InChI is InChI=1S/C10H15BrO2Si/c1-14(2,3)13-10-5-8(7-12)4-9(11)6-10/h4-6,12H,7H2,1-3H3. The molecule has 0 bridgehead atoms. The van der Waals surface area contributed by atoms with E-state index in [4.69, 9.17) is 9.53 Å². The van der Waals surface area contributed by atoms with E-state index in [1.165, 1.54) is 0 Å². The number of hydrogen-bond acceptors (Lipinski definition) is 2. The zero-order chi connectivity index (χ0) is 10.8. The fourth-order valence-electron chi connectivity index (χ4n) is 1.12. The second-order valence-corrected chi connectivity index (χ2v) is 9.51. The van der Waals surface area contributed by atoms with Crippen LogP contribution < -0.4 is 4.43 Å². The monoisotopic (exact) mass is 274 g/mol. The van der Waals surface area contributed by atoms with E-state index in [0.717, 1.165) is 15.8 Å². The van der Waals surface area contributed by atoms with Gasteiger partial charge in [0.25, 0.3) is 0 Å². The Labute approximate surface area is 94.2 Å². The van der Waals surface area contributed by atoms with Crippen molar-refractivity contribution in [2.75, 3.05) is 0 Å². The van der Waals surface area contributed by atoms with Crippen molar-refractivity contribution in [3.8, 4) is 5.75 Å². The summed E-state index contributed by atoms with van der Waals surface area (Å²) < 4.78 is 6.76. The predicted molar refractivity (Wildman–Crippen MR) is 64.0 cm³/mol. The van der Waals surface area contributed by atoms with Crippen molar-refractivity contribution in [1.29, 1.82) is 0 Å². The Morgan fingerprint density at radius 1 is 1.29 bits per heavy atom. The lowest BCUT2D eigenvalue weighted by Gasteiger charge is -2.19. The fourth-order valence-corrected chi connectivity index (χ4v) is 2.47. The van der Waals surface area contributed by atoms with Crippen molar-refractivity contribution >= 4 is 24.2 Å². The molecular weight excluding hydrogens is 260 g/mol. The first kappa shape index (κ1) is 11.7. The molecule has 1 aromatic carbocycles. The van der Waals surface area contributed by atoms with Crippen LogP contribution in [0, 0.1) is 0 Å². The summed E-state index contributed by atoms with van der Waals surface area (Å²) in [5.41, 5.74) is 0.868. The minimum absolute atomic E-state index is 0.0432. The van der Waals surface area contributed by atoms with Gasteiger partial charge in [-0.2, -0.15) is 0 Å². The van der Waals surface area contributed by atoms with Crippen LogP contribution in [0.15, 0.2) is 22.7 Å². The molecule has 0 aliphatic carbocycles. The lowest BCUT2D eigenvalue weighted by Crippen LogP contribution is -2.29. The summed E-state index contributed by atoms with van der Waals surface area (Å²) in [6.45, 7) is 6.44. The SMILES string of the molecule is C[Si](C)(C)Oc1cc(Br)cc(CO)c1. The molecule has 1 aromatic rings. The molecule has 0 aliphatic heterocycles. The summed E-state index contributed by atoms with van der Waals surface area (Å²) in [6, 6.07) is 5.69. The van der Waals surface area contributed by atoms with E-state index in [2.05, 4.69) is 35.6 Å². The highest BCUT2D eigenvalue weighted by Gasteiger charge is 2.16. The quantitative estimate of drug-likeness (QED) is 0.859. The van der Waals surface area contributed by atoms with Crippen molar-refractivity contribution in [1.82, 2.24) is 0 Å². The van der Waals surface area contributed by atoms with Gasteiger partial charge in [-0.15, -0.1) is 0 Å². The van der Waals surface area contributed by atoms with Crippen molar-refractivity contribution in [3.05, 3.63) is 28.2 Å². The molecule has 0 saturated heterocycles. The van der Waals surface area contributed by atoms with Crippen LogP contribution in [-0.4, -0.2) is 13.4 Å². The summed E-state index contributed by atoms with van der Waals surface area (Å²) in [4.78, 5) is 0. The molecule has 0 aromatic heterocycles. The van der Waals surface area contributed by atoms with Crippen molar-refractivity contribution in [2.45, 2.75) is 26.2 Å². The number of benzene rings is 1. The molecule has 0 saturated carbocycles. The van der Waals surface area contributed by atoms with Crippen LogP contribution in [0.1, 0.15) is 5.56 Å². The third kappa shape index (κ3) is 3.82. The predicted octanol–water partition coefficient (Wildman–Crippen LogP) is 3.16. The van der Waals surface area contributed by atoms with E-state index in [1.54, 1.807) is 0 Å². The van der Waals surface area contributed by atoms with Crippen LogP contribution in [0.4, 0.5) is 0 Å². The summed E-state index contributed by atoms with van der Waals surface area (Å²) >= 11 is 3.39. The molecule has 0 unspecified atom stereocenters. The Kier molecular flexibility index (Phi) is 3.75. The van der Waals surface area contributed by atoms with Crippen LogP contribution in [-0.2, 0) is 6.61 Å². The first-order valence-corrected chi connectivity index (χ1v) is 8.70. The summed E-state index contributed by atoms with van der Waals surface area (Å²) in [6.07, 6.45) is 0. The van der Waals surface area contributed by atoms with Gasteiger partial charge in [0.2, 0.25) is 8.32 Å². The van der Waals surface area contributed by atoms with Gasteiger partial charge in [0, 0.05) is 4.47 Å². The molecule has 0 amide bonds. The average Bonchev–Trinajstić information content (AvgIpc) is 1.99. The topological polar surface area (TPSA) is 29.5 Å². The third-order valence-electron chi connectivity index (χ3n) is 1.54. The highest BCUT2D eigenvalue weighted by Crippen LogP contribution is 2.23. The van der Waals surface area contributed by atoms with E-state index < -0.39 is 8.32 Å². The van der Waals surface area contributed by atoms with E-state index in [0.29, 0.717) is 0 Å². The number of aliphatic hydroxyl groups is 1. The van der Waals surface area contributed by atoms with Crippen LogP contribution in [0.5, 0.6) is 5.75 Å². The Bertz CT molecular complexity index is 320. The highest BCUT2D eigenvalue weighted by atomic mass is 79.9. The lowest BCUT2D eigenvalue weighted by atomic mass is 10.2. The van der Waals surface area contributed by atoms with E-state index in [-0.39, 0.29) is 6.61 Å². The molecule has 0 heterocycles. The van der Waals surface area contributed by atoms with Gasteiger partial charge in [0.05, 0.1) is 6.61 Å². The van der Waals surface area contributed by atoms with Gasteiger partial charge >= 0.3 is 0 Å². The zero-order valence-corrected chi connectivity index (χ0v) is 11.3. The third-order valence-corrected chi connectivity index (χ3v) is 2.84. The second-order valence-electron chi connectivity index (χ2n) is 4.17. The Hall–Kier alpha value is -0.323. The van der Waals surface area contributed by atoms with Gasteiger partial charge in [-0.25, -0.2) is 0 Å². The van der Waals surface area contributed by atoms with E-state index in [1.807, 2.05) is 18.2 Å². The minimum atomic E-state index is -1.56. The molecule has 2 nitrogen and oxygen atoms in total. The average molecular weight is 275 g/mol. The Balaban J connectivity index is 2.92. The zero-order valence-electron chi connectivity index (χ0n) is 8.67. The van der Waals surface area contributed by atoms with Crippen molar-refractivity contribution in [3.63, 3.8) is 0 Å². The van der Waals surface area contributed by atoms with Crippen LogP contribution >= 0.6 is 15.9 Å².